The fraction of sp³-hybridized carbons (Fsp3) is 0.0769. The van der Waals surface area contributed by atoms with Crippen LogP contribution in [0.25, 0.3) is 11.1 Å². The fourth-order valence-electron chi connectivity index (χ4n) is 1.66. The van der Waals surface area contributed by atoms with Crippen LogP contribution < -0.4 is 0 Å². The maximum Gasteiger partial charge on any atom is 0.416 e. The van der Waals surface area contributed by atoms with Crippen LogP contribution in [0.15, 0.2) is 30.3 Å². The minimum Gasteiger partial charge on any atom is -0.206 e. The van der Waals surface area contributed by atoms with Gasteiger partial charge in [-0.2, -0.15) is 13.2 Å². The normalized spacial score (nSPS) is 11.8. The Bertz CT molecular complexity index is 665. The number of hydrogen-bond donors (Lipinski definition) is 0. The summed E-state index contributed by atoms with van der Waals surface area (Å²) in [5.74, 6) is -1.06. The zero-order chi connectivity index (χ0) is 15.1. The lowest BCUT2D eigenvalue weighted by molar-refractivity contribution is -0.137. The van der Waals surface area contributed by atoms with Crippen LogP contribution in [0.2, 0.25) is 15.1 Å². The van der Waals surface area contributed by atoms with Gasteiger partial charge in [0.25, 0.3) is 0 Å². The molecule has 0 N–H and O–H groups in total. The monoisotopic (exact) mass is 342 g/mol. The van der Waals surface area contributed by atoms with Crippen molar-refractivity contribution in [2.24, 2.45) is 0 Å². The summed E-state index contributed by atoms with van der Waals surface area (Å²) in [6, 6.07) is 4.86. The van der Waals surface area contributed by atoms with Crippen molar-refractivity contribution in [2.75, 3.05) is 0 Å². The van der Waals surface area contributed by atoms with E-state index in [0.717, 1.165) is 12.1 Å². The lowest BCUT2D eigenvalue weighted by Crippen LogP contribution is -2.05. The van der Waals surface area contributed by atoms with E-state index in [1.165, 1.54) is 12.1 Å². The zero-order valence-corrected chi connectivity index (χ0v) is 11.8. The number of rotatable bonds is 1. The number of halogens is 7. The summed E-state index contributed by atoms with van der Waals surface area (Å²) in [4.78, 5) is 0. The van der Waals surface area contributed by atoms with Crippen LogP contribution in [0.1, 0.15) is 5.56 Å². The minimum atomic E-state index is -4.62. The summed E-state index contributed by atoms with van der Waals surface area (Å²) >= 11 is 17.5. The van der Waals surface area contributed by atoms with Crippen molar-refractivity contribution >= 4 is 34.8 Å². The van der Waals surface area contributed by atoms with Crippen LogP contribution in [0.4, 0.5) is 17.6 Å². The van der Waals surface area contributed by atoms with E-state index in [0.29, 0.717) is 6.07 Å². The predicted octanol–water partition coefficient (Wildman–Crippen LogP) is 6.47. The highest BCUT2D eigenvalue weighted by Crippen LogP contribution is 2.39. The lowest BCUT2D eigenvalue weighted by Gasteiger charge is -2.11. The second-order valence-corrected chi connectivity index (χ2v) is 5.16. The van der Waals surface area contributed by atoms with Crippen LogP contribution in [0, 0.1) is 5.82 Å². The molecule has 0 fully saturated rings. The van der Waals surface area contributed by atoms with Crippen molar-refractivity contribution in [2.45, 2.75) is 6.18 Å². The van der Waals surface area contributed by atoms with Crippen LogP contribution in [0.5, 0.6) is 0 Å². The van der Waals surface area contributed by atoms with Crippen LogP contribution in [-0.4, -0.2) is 0 Å². The highest BCUT2D eigenvalue weighted by Gasteiger charge is 2.31. The van der Waals surface area contributed by atoms with Gasteiger partial charge in [-0.25, -0.2) is 4.39 Å². The van der Waals surface area contributed by atoms with E-state index in [-0.39, 0.29) is 26.2 Å². The molecule has 0 bridgehead atoms. The van der Waals surface area contributed by atoms with E-state index in [9.17, 15) is 17.6 Å². The molecular weight excluding hydrogens is 338 g/mol. The van der Waals surface area contributed by atoms with Crippen molar-refractivity contribution in [3.05, 3.63) is 56.8 Å². The molecule has 0 radical (unpaired) electrons. The van der Waals surface area contributed by atoms with Gasteiger partial charge in [-0.1, -0.05) is 40.9 Å². The maximum absolute atomic E-state index is 13.9. The largest absolute Gasteiger partial charge is 0.416 e. The summed E-state index contributed by atoms with van der Waals surface area (Å²) in [5.41, 5.74) is -1.05. The van der Waals surface area contributed by atoms with Crippen molar-refractivity contribution in [1.82, 2.24) is 0 Å². The molecule has 2 aromatic rings. The Morgan fingerprint density at radius 1 is 0.850 bits per heavy atom. The number of hydrogen-bond acceptors (Lipinski definition) is 0. The quantitative estimate of drug-likeness (QED) is 0.411. The molecule has 20 heavy (non-hydrogen) atoms. The first-order valence-corrected chi connectivity index (χ1v) is 6.35. The average molecular weight is 344 g/mol. The molecule has 2 rings (SSSR count). The molecule has 0 saturated heterocycles. The Balaban J connectivity index is 2.60. The summed E-state index contributed by atoms with van der Waals surface area (Å²) in [5, 5.41) is 0.317. The Labute approximate surface area is 126 Å². The minimum absolute atomic E-state index is 0.0229. The van der Waals surface area contributed by atoms with E-state index in [1.54, 1.807) is 0 Å². The molecule has 7 heteroatoms. The molecule has 0 aliphatic rings. The Morgan fingerprint density at radius 2 is 1.50 bits per heavy atom. The van der Waals surface area contributed by atoms with Gasteiger partial charge >= 0.3 is 6.18 Å². The van der Waals surface area contributed by atoms with Gasteiger partial charge in [0.1, 0.15) is 5.82 Å². The first-order valence-electron chi connectivity index (χ1n) is 5.22. The van der Waals surface area contributed by atoms with E-state index < -0.39 is 17.6 Å². The third kappa shape index (κ3) is 3.03. The molecular formula is C13H5Cl3F4. The Morgan fingerprint density at radius 3 is 2.05 bits per heavy atom. The van der Waals surface area contributed by atoms with Crippen LogP contribution in [-0.2, 0) is 6.18 Å². The highest BCUT2D eigenvalue weighted by atomic mass is 35.5. The lowest BCUT2D eigenvalue weighted by atomic mass is 10.0. The molecule has 0 saturated carbocycles. The van der Waals surface area contributed by atoms with Gasteiger partial charge in [-0.15, -0.1) is 0 Å². The summed E-state index contributed by atoms with van der Waals surface area (Å²) < 4.78 is 51.3. The fourth-order valence-corrected chi connectivity index (χ4v) is 2.37. The smallest absolute Gasteiger partial charge is 0.206 e. The standard InChI is InChI=1S/C13H5Cl3F4/c14-7-4-9(12(16)10(15)5-7)8-2-1-6(3-11(8)17)13(18,19)20/h1-5H. The molecule has 0 aliphatic carbocycles. The van der Waals surface area contributed by atoms with Crippen molar-refractivity contribution < 1.29 is 17.6 Å². The molecule has 0 heterocycles. The van der Waals surface area contributed by atoms with Gasteiger partial charge < -0.3 is 0 Å². The molecule has 0 atom stereocenters. The molecule has 2 aromatic carbocycles. The summed E-state index contributed by atoms with van der Waals surface area (Å²) in [6.07, 6.45) is -4.62. The second-order valence-electron chi connectivity index (χ2n) is 3.94. The van der Waals surface area contributed by atoms with Gasteiger partial charge in [0.15, 0.2) is 0 Å². The maximum atomic E-state index is 13.9. The van der Waals surface area contributed by atoms with Gasteiger partial charge in [0, 0.05) is 16.1 Å². The average Bonchev–Trinajstić information content (AvgIpc) is 2.33. The molecule has 0 unspecified atom stereocenters. The first-order chi connectivity index (χ1) is 9.20. The van der Waals surface area contributed by atoms with Gasteiger partial charge in [-0.3, -0.25) is 0 Å². The number of benzene rings is 2. The third-order valence-electron chi connectivity index (χ3n) is 2.58. The van der Waals surface area contributed by atoms with Crippen LogP contribution >= 0.6 is 34.8 Å². The number of alkyl halides is 3. The second kappa shape index (κ2) is 5.43. The third-order valence-corrected chi connectivity index (χ3v) is 3.60. The molecule has 0 nitrogen and oxygen atoms in total. The summed E-state index contributed by atoms with van der Waals surface area (Å²) in [7, 11) is 0. The molecule has 0 amide bonds. The first kappa shape index (κ1) is 15.4. The Kier molecular flexibility index (Phi) is 4.19. The SMILES string of the molecule is Fc1cc(C(F)(F)F)ccc1-c1cc(Cl)cc(Cl)c1Cl. The molecule has 106 valence electrons. The topological polar surface area (TPSA) is 0 Å². The molecule has 0 aliphatic heterocycles. The van der Waals surface area contributed by atoms with E-state index in [2.05, 4.69) is 0 Å². The predicted molar refractivity (Wildman–Crippen MR) is 71.9 cm³/mol. The van der Waals surface area contributed by atoms with E-state index >= 15 is 0 Å². The van der Waals surface area contributed by atoms with Gasteiger partial charge in [0.05, 0.1) is 15.6 Å². The molecule has 0 aromatic heterocycles. The Hall–Kier alpha value is -0.970. The van der Waals surface area contributed by atoms with E-state index in [1.807, 2.05) is 0 Å². The highest BCUT2D eigenvalue weighted by molar-refractivity contribution is 6.45. The van der Waals surface area contributed by atoms with Crippen molar-refractivity contribution in [1.29, 1.82) is 0 Å². The van der Waals surface area contributed by atoms with Gasteiger partial charge in [-0.05, 0) is 24.3 Å². The van der Waals surface area contributed by atoms with Crippen molar-refractivity contribution in [3.8, 4) is 11.1 Å². The van der Waals surface area contributed by atoms with Crippen LogP contribution in [0.3, 0.4) is 0 Å². The zero-order valence-electron chi connectivity index (χ0n) is 9.53. The van der Waals surface area contributed by atoms with Gasteiger partial charge in [0.2, 0.25) is 0 Å². The van der Waals surface area contributed by atoms with E-state index in [4.69, 9.17) is 34.8 Å². The summed E-state index contributed by atoms with van der Waals surface area (Å²) in [6.45, 7) is 0. The van der Waals surface area contributed by atoms with Crippen molar-refractivity contribution in [3.63, 3.8) is 0 Å². The molecule has 0 spiro atoms.